The SMILES string of the molecule is C=CCNCCCN=C=NCC. The van der Waals surface area contributed by atoms with Gasteiger partial charge in [0.1, 0.15) is 0 Å². The van der Waals surface area contributed by atoms with Crippen molar-refractivity contribution in [3.8, 4) is 0 Å². The van der Waals surface area contributed by atoms with E-state index in [1.165, 1.54) is 0 Å². The molecule has 0 saturated carbocycles. The van der Waals surface area contributed by atoms with Gasteiger partial charge in [0.2, 0.25) is 0 Å². The van der Waals surface area contributed by atoms with Crippen molar-refractivity contribution < 1.29 is 0 Å². The standard InChI is InChI=1S/C9H17N3/c1-3-6-11-7-5-8-12-9-10-4-2/h3,11H,1,4-8H2,2H3. The van der Waals surface area contributed by atoms with Gasteiger partial charge in [0.25, 0.3) is 0 Å². The molecule has 0 aromatic rings. The van der Waals surface area contributed by atoms with Gasteiger partial charge in [0.15, 0.2) is 0 Å². The van der Waals surface area contributed by atoms with E-state index in [1.54, 1.807) is 0 Å². The maximum Gasteiger partial charge on any atom is 0.0892 e. The van der Waals surface area contributed by atoms with Crippen LogP contribution in [0, 0.1) is 0 Å². The van der Waals surface area contributed by atoms with Crippen LogP contribution in [0.3, 0.4) is 0 Å². The third-order valence-corrected chi connectivity index (χ3v) is 1.21. The van der Waals surface area contributed by atoms with Crippen LogP contribution in [-0.2, 0) is 0 Å². The van der Waals surface area contributed by atoms with Crippen molar-refractivity contribution in [3.63, 3.8) is 0 Å². The molecular formula is C9H17N3. The summed E-state index contributed by atoms with van der Waals surface area (Å²) in [6, 6.07) is 2.63. The Labute approximate surface area is 74.3 Å². The number of hydrogen-bond donors (Lipinski definition) is 1. The highest BCUT2D eigenvalue weighted by Gasteiger charge is 1.82. The average molecular weight is 167 g/mol. The first-order valence-corrected chi connectivity index (χ1v) is 4.31. The molecule has 0 aliphatic heterocycles. The zero-order valence-corrected chi connectivity index (χ0v) is 7.71. The van der Waals surface area contributed by atoms with E-state index in [0.717, 1.165) is 32.6 Å². The molecule has 0 unspecified atom stereocenters. The minimum absolute atomic E-state index is 0.762. The Morgan fingerprint density at radius 1 is 1.50 bits per heavy atom. The molecule has 0 heterocycles. The van der Waals surface area contributed by atoms with Crippen molar-refractivity contribution in [2.45, 2.75) is 13.3 Å². The minimum Gasteiger partial charge on any atom is -0.313 e. The van der Waals surface area contributed by atoms with Crippen LogP contribution in [0.15, 0.2) is 22.6 Å². The molecule has 0 aromatic heterocycles. The molecule has 0 spiro atoms. The van der Waals surface area contributed by atoms with Crippen molar-refractivity contribution in [1.29, 1.82) is 0 Å². The maximum atomic E-state index is 3.98. The lowest BCUT2D eigenvalue weighted by molar-refractivity contribution is 0.702. The van der Waals surface area contributed by atoms with Gasteiger partial charge in [-0.1, -0.05) is 6.08 Å². The molecular weight excluding hydrogens is 150 g/mol. The zero-order chi connectivity index (χ0) is 9.07. The summed E-state index contributed by atoms with van der Waals surface area (Å²) >= 11 is 0. The molecule has 12 heavy (non-hydrogen) atoms. The van der Waals surface area contributed by atoms with Crippen LogP contribution in [0.25, 0.3) is 0 Å². The minimum atomic E-state index is 0.762. The van der Waals surface area contributed by atoms with Crippen LogP contribution in [-0.4, -0.2) is 32.2 Å². The monoisotopic (exact) mass is 167 g/mol. The lowest BCUT2D eigenvalue weighted by atomic mass is 10.4. The Hall–Kier alpha value is -0.920. The molecule has 0 fully saturated rings. The van der Waals surface area contributed by atoms with Crippen molar-refractivity contribution >= 4 is 6.01 Å². The molecule has 1 N–H and O–H groups in total. The molecule has 0 atom stereocenters. The summed E-state index contributed by atoms with van der Waals surface area (Å²) in [6.07, 6.45) is 2.88. The van der Waals surface area contributed by atoms with Gasteiger partial charge in [-0.3, -0.25) is 0 Å². The normalized spacial score (nSPS) is 8.75. The first-order valence-electron chi connectivity index (χ1n) is 4.31. The highest BCUT2D eigenvalue weighted by molar-refractivity contribution is 5.40. The Balaban J connectivity index is 3.10. The van der Waals surface area contributed by atoms with E-state index in [0.29, 0.717) is 0 Å². The Kier molecular flexibility index (Phi) is 9.31. The predicted molar refractivity (Wildman–Crippen MR) is 53.0 cm³/mol. The van der Waals surface area contributed by atoms with Crippen LogP contribution in [0.4, 0.5) is 0 Å². The maximum absolute atomic E-state index is 3.98. The molecule has 0 aromatic carbocycles. The lowest BCUT2D eigenvalue weighted by Gasteiger charge is -1.96. The molecule has 0 rings (SSSR count). The van der Waals surface area contributed by atoms with Crippen LogP contribution in [0.5, 0.6) is 0 Å². The van der Waals surface area contributed by atoms with Crippen LogP contribution < -0.4 is 5.32 Å². The van der Waals surface area contributed by atoms with Gasteiger partial charge in [-0.2, -0.15) is 0 Å². The van der Waals surface area contributed by atoms with Crippen LogP contribution in [0.1, 0.15) is 13.3 Å². The molecule has 3 heteroatoms. The average Bonchev–Trinajstić information content (AvgIpc) is 2.10. The summed E-state index contributed by atoms with van der Waals surface area (Å²) in [5, 5.41) is 3.19. The Morgan fingerprint density at radius 2 is 2.33 bits per heavy atom. The van der Waals surface area contributed by atoms with Crippen molar-refractivity contribution in [2.75, 3.05) is 26.2 Å². The molecule has 0 aliphatic carbocycles. The van der Waals surface area contributed by atoms with E-state index in [-0.39, 0.29) is 0 Å². The number of nitrogens with one attached hydrogen (secondary N) is 1. The number of rotatable bonds is 7. The summed E-state index contributed by atoms with van der Waals surface area (Å²) in [6.45, 7) is 8.98. The fourth-order valence-electron chi connectivity index (χ4n) is 0.658. The van der Waals surface area contributed by atoms with Gasteiger partial charge in [0, 0.05) is 13.1 Å². The number of nitrogens with zero attached hydrogens (tertiary/aromatic N) is 2. The molecule has 0 saturated heterocycles. The van der Waals surface area contributed by atoms with Crippen molar-refractivity contribution in [3.05, 3.63) is 12.7 Å². The van der Waals surface area contributed by atoms with Crippen LogP contribution in [0.2, 0.25) is 0 Å². The summed E-state index contributed by atoms with van der Waals surface area (Å²) in [7, 11) is 0. The largest absolute Gasteiger partial charge is 0.313 e. The molecule has 3 nitrogen and oxygen atoms in total. The second-order valence-corrected chi connectivity index (χ2v) is 2.30. The van der Waals surface area contributed by atoms with E-state index in [4.69, 9.17) is 0 Å². The summed E-state index contributed by atoms with van der Waals surface area (Å²) in [4.78, 5) is 7.83. The molecule has 0 amide bonds. The molecule has 68 valence electrons. The highest BCUT2D eigenvalue weighted by Crippen LogP contribution is 1.76. The van der Waals surface area contributed by atoms with Gasteiger partial charge in [-0.05, 0) is 19.9 Å². The second-order valence-electron chi connectivity index (χ2n) is 2.30. The van der Waals surface area contributed by atoms with E-state index >= 15 is 0 Å². The van der Waals surface area contributed by atoms with Crippen molar-refractivity contribution in [2.24, 2.45) is 9.98 Å². The first kappa shape index (κ1) is 11.1. The second kappa shape index (κ2) is 10.1. The Morgan fingerprint density at radius 3 is 3.00 bits per heavy atom. The topological polar surface area (TPSA) is 36.8 Å². The predicted octanol–water partition coefficient (Wildman–Crippen LogP) is 1.35. The molecule has 0 aliphatic rings. The van der Waals surface area contributed by atoms with E-state index in [9.17, 15) is 0 Å². The number of hydrogen-bond acceptors (Lipinski definition) is 3. The molecule has 0 radical (unpaired) electrons. The smallest absolute Gasteiger partial charge is 0.0892 e. The van der Waals surface area contributed by atoms with Gasteiger partial charge >= 0.3 is 0 Å². The quantitative estimate of drug-likeness (QED) is 0.347. The summed E-state index contributed by atoms with van der Waals surface area (Å²) in [5.41, 5.74) is 0. The third-order valence-electron chi connectivity index (χ3n) is 1.21. The van der Waals surface area contributed by atoms with Gasteiger partial charge in [-0.15, -0.1) is 6.58 Å². The fraction of sp³-hybridized carbons (Fsp3) is 0.667. The summed E-state index contributed by atoms with van der Waals surface area (Å²) in [5.74, 6) is 0. The van der Waals surface area contributed by atoms with E-state index in [1.807, 2.05) is 13.0 Å². The molecule has 0 bridgehead atoms. The Bertz CT molecular complexity index is 157. The third kappa shape index (κ3) is 9.08. The summed E-state index contributed by atoms with van der Waals surface area (Å²) < 4.78 is 0. The number of aliphatic imine (C=N–C) groups is 2. The zero-order valence-electron chi connectivity index (χ0n) is 7.71. The van der Waals surface area contributed by atoms with Gasteiger partial charge in [-0.25, -0.2) is 9.98 Å². The van der Waals surface area contributed by atoms with Gasteiger partial charge in [0.05, 0.1) is 12.6 Å². The van der Waals surface area contributed by atoms with Crippen LogP contribution >= 0.6 is 0 Å². The highest BCUT2D eigenvalue weighted by atomic mass is 14.9. The van der Waals surface area contributed by atoms with Crippen molar-refractivity contribution in [1.82, 2.24) is 5.32 Å². The van der Waals surface area contributed by atoms with Gasteiger partial charge < -0.3 is 5.32 Å². The van der Waals surface area contributed by atoms with E-state index in [2.05, 4.69) is 27.9 Å². The fourth-order valence-corrected chi connectivity index (χ4v) is 0.658. The first-order chi connectivity index (χ1) is 5.91. The lowest BCUT2D eigenvalue weighted by Crippen LogP contribution is -2.15. The van der Waals surface area contributed by atoms with E-state index < -0.39 is 0 Å².